The molecule has 1 rings (SSSR count). The lowest BCUT2D eigenvalue weighted by Gasteiger charge is -2.29. The van der Waals surface area contributed by atoms with Crippen LogP contribution in [0.3, 0.4) is 0 Å². The third-order valence-corrected chi connectivity index (χ3v) is 3.66. The van der Waals surface area contributed by atoms with Gasteiger partial charge >= 0.3 is 0 Å². The Hall–Kier alpha value is -1.13. The van der Waals surface area contributed by atoms with E-state index >= 15 is 0 Å². The highest BCUT2D eigenvalue weighted by Crippen LogP contribution is 2.25. The van der Waals surface area contributed by atoms with Gasteiger partial charge in [0.2, 0.25) is 0 Å². The van der Waals surface area contributed by atoms with Gasteiger partial charge in [-0.15, -0.1) is 0 Å². The van der Waals surface area contributed by atoms with Gasteiger partial charge in [0, 0.05) is 25.2 Å². The van der Waals surface area contributed by atoms with Crippen molar-refractivity contribution in [1.82, 2.24) is 5.32 Å². The normalized spacial score (nSPS) is 12.7. The van der Waals surface area contributed by atoms with Gasteiger partial charge in [0.1, 0.15) is 5.82 Å². The van der Waals surface area contributed by atoms with Crippen LogP contribution in [0, 0.1) is 5.82 Å². The van der Waals surface area contributed by atoms with E-state index in [9.17, 15) is 4.39 Å². The van der Waals surface area contributed by atoms with E-state index in [4.69, 9.17) is 5.11 Å². The highest BCUT2D eigenvalue weighted by Gasteiger charge is 2.16. The molecule has 1 aromatic carbocycles. The summed E-state index contributed by atoms with van der Waals surface area (Å²) >= 11 is 0. The second-order valence-corrected chi connectivity index (χ2v) is 5.75. The summed E-state index contributed by atoms with van der Waals surface area (Å²) in [6.45, 7) is 9.96. The van der Waals surface area contributed by atoms with Gasteiger partial charge in [0.15, 0.2) is 0 Å². The molecule has 3 nitrogen and oxygen atoms in total. The van der Waals surface area contributed by atoms with E-state index in [0.29, 0.717) is 18.7 Å². The molecule has 0 bridgehead atoms. The van der Waals surface area contributed by atoms with Crippen LogP contribution in [0.25, 0.3) is 0 Å². The highest BCUT2D eigenvalue weighted by atomic mass is 19.1. The Labute approximate surface area is 128 Å². The average Bonchev–Trinajstić information content (AvgIpc) is 2.46. The van der Waals surface area contributed by atoms with Gasteiger partial charge in [-0.2, -0.15) is 0 Å². The van der Waals surface area contributed by atoms with Crippen molar-refractivity contribution < 1.29 is 9.50 Å². The molecule has 1 unspecified atom stereocenters. The predicted octanol–water partition coefficient (Wildman–Crippen LogP) is 3.48. The zero-order valence-electron chi connectivity index (χ0n) is 13.7. The molecule has 0 saturated carbocycles. The Bertz CT molecular complexity index is 423. The van der Waals surface area contributed by atoms with Gasteiger partial charge in [-0.3, -0.25) is 0 Å². The van der Waals surface area contributed by atoms with Gasteiger partial charge in [-0.1, -0.05) is 13.0 Å². The maximum atomic E-state index is 14.4. The van der Waals surface area contributed by atoms with E-state index in [2.05, 4.69) is 19.2 Å². The van der Waals surface area contributed by atoms with Gasteiger partial charge < -0.3 is 15.3 Å². The van der Waals surface area contributed by atoms with E-state index in [0.717, 1.165) is 18.5 Å². The van der Waals surface area contributed by atoms with E-state index in [1.807, 2.05) is 30.9 Å². The molecule has 21 heavy (non-hydrogen) atoms. The standard InChI is InChI=1S/C17H29FN2O/c1-5-9-19-14(4)15-7-8-17(16(18)12-15)20(13(2)3)10-6-11-21/h7-8,12-14,19,21H,5-6,9-11H2,1-4H3. The summed E-state index contributed by atoms with van der Waals surface area (Å²) in [4.78, 5) is 2.00. The Morgan fingerprint density at radius 2 is 2.00 bits per heavy atom. The number of nitrogens with one attached hydrogen (secondary N) is 1. The van der Waals surface area contributed by atoms with Crippen molar-refractivity contribution in [3.05, 3.63) is 29.6 Å². The average molecular weight is 296 g/mol. The van der Waals surface area contributed by atoms with Crippen LogP contribution in [0.2, 0.25) is 0 Å². The zero-order valence-corrected chi connectivity index (χ0v) is 13.7. The fourth-order valence-electron chi connectivity index (χ4n) is 2.40. The lowest BCUT2D eigenvalue weighted by atomic mass is 10.1. The van der Waals surface area contributed by atoms with Crippen molar-refractivity contribution in [1.29, 1.82) is 0 Å². The molecule has 1 atom stereocenters. The van der Waals surface area contributed by atoms with Crippen LogP contribution in [0.1, 0.15) is 52.1 Å². The smallest absolute Gasteiger partial charge is 0.146 e. The summed E-state index contributed by atoms with van der Waals surface area (Å²) in [5, 5.41) is 12.4. The van der Waals surface area contributed by atoms with Crippen LogP contribution >= 0.6 is 0 Å². The maximum Gasteiger partial charge on any atom is 0.146 e. The van der Waals surface area contributed by atoms with Crippen LogP contribution in [0.15, 0.2) is 18.2 Å². The van der Waals surface area contributed by atoms with Crippen LogP contribution in [0.4, 0.5) is 10.1 Å². The Kier molecular flexibility index (Phi) is 7.68. The first-order valence-corrected chi connectivity index (χ1v) is 7.91. The molecule has 0 fully saturated rings. The van der Waals surface area contributed by atoms with Crippen molar-refractivity contribution in [2.75, 3.05) is 24.6 Å². The van der Waals surface area contributed by atoms with E-state index < -0.39 is 0 Å². The molecule has 0 saturated heterocycles. The molecule has 0 aliphatic rings. The molecule has 2 N–H and O–H groups in total. The molecule has 0 spiro atoms. The third kappa shape index (κ3) is 5.29. The molecular formula is C17H29FN2O. The second kappa shape index (κ2) is 9.00. The lowest BCUT2D eigenvalue weighted by molar-refractivity contribution is 0.288. The largest absolute Gasteiger partial charge is 0.396 e. The zero-order chi connectivity index (χ0) is 15.8. The summed E-state index contributed by atoms with van der Waals surface area (Å²) in [7, 11) is 0. The molecule has 0 aliphatic heterocycles. The molecule has 0 heterocycles. The molecule has 0 amide bonds. The monoisotopic (exact) mass is 296 g/mol. The Morgan fingerprint density at radius 3 is 2.52 bits per heavy atom. The van der Waals surface area contributed by atoms with Crippen molar-refractivity contribution in [3.8, 4) is 0 Å². The lowest BCUT2D eigenvalue weighted by Crippen LogP contribution is -2.33. The molecule has 120 valence electrons. The Morgan fingerprint density at radius 1 is 1.29 bits per heavy atom. The number of rotatable bonds is 9. The first kappa shape index (κ1) is 17.9. The number of hydrogen-bond donors (Lipinski definition) is 2. The first-order valence-electron chi connectivity index (χ1n) is 7.91. The number of nitrogens with zero attached hydrogens (tertiary/aromatic N) is 1. The molecule has 0 aliphatic carbocycles. The molecular weight excluding hydrogens is 267 g/mol. The van der Waals surface area contributed by atoms with Crippen molar-refractivity contribution in [2.24, 2.45) is 0 Å². The maximum absolute atomic E-state index is 14.4. The third-order valence-electron chi connectivity index (χ3n) is 3.66. The number of anilines is 1. The summed E-state index contributed by atoms with van der Waals surface area (Å²) in [5.74, 6) is -0.190. The number of aliphatic hydroxyl groups excluding tert-OH is 1. The predicted molar refractivity (Wildman–Crippen MR) is 87.3 cm³/mol. The van der Waals surface area contributed by atoms with E-state index in [-0.39, 0.29) is 24.5 Å². The summed E-state index contributed by atoms with van der Waals surface area (Å²) < 4.78 is 14.4. The Balaban J connectivity index is 2.89. The minimum Gasteiger partial charge on any atom is -0.396 e. The van der Waals surface area contributed by atoms with E-state index in [1.54, 1.807) is 6.07 Å². The second-order valence-electron chi connectivity index (χ2n) is 5.75. The number of hydrogen-bond acceptors (Lipinski definition) is 3. The van der Waals surface area contributed by atoms with Crippen molar-refractivity contribution in [2.45, 2.75) is 52.6 Å². The molecule has 0 radical (unpaired) electrons. The first-order chi connectivity index (χ1) is 10.0. The van der Waals surface area contributed by atoms with Crippen LogP contribution in [-0.4, -0.2) is 30.8 Å². The van der Waals surface area contributed by atoms with E-state index in [1.165, 1.54) is 0 Å². The highest BCUT2D eigenvalue weighted by molar-refractivity contribution is 5.50. The van der Waals surface area contributed by atoms with Gasteiger partial charge in [0.05, 0.1) is 5.69 Å². The van der Waals surface area contributed by atoms with Crippen LogP contribution in [0.5, 0.6) is 0 Å². The fraction of sp³-hybridized carbons (Fsp3) is 0.647. The van der Waals surface area contributed by atoms with Gasteiger partial charge in [0.25, 0.3) is 0 Å². The minimum atomic E-state index is -0.190. The fourth-order valence-corrected chi connectivity index (χ4v) is 2.40. The van der Waals surface area contributed by atoms with Gasteiger partial charge in [-0.25, -0.2) is 4.39 Å². The van der Waals surface area contributed by atoms with Crippen molar-refractivity contribution in [3.63, 3.8) is 0 Å². The SMILES string of the molecule is CCCNC(C)c1ccc(N(CCCO)C(C)C)c(F)c1. The summed E-state index contributed by atoms with van der Waals surface area (Å²) in [6.07, 6.45) is 1.71. The number of aliphatic hydroxyl groups is 1. The molecule has 4 heteroatoms. The number of benzene rings is 1. The molecule has 0 aromatic heterocycles. The van der Waals surface area contributed by atoms with Crippen LogP contribution in [-0.2, 0) is 0 Å². The topological polar surface area (TPSA) is 35.5 Å². The molecule has 1 aromatic rings. The quantitative estimate of drug-likeness (QED) is 0.732. The van der Waals surface area contributed by atoms with Crippen LogP contribution < -0.4 is 10.2 Å². The summed E-state index contributed by atoms with van der Waals surface area (Å²) in [6, 6.07) is 5.81. The van der Waals surface area contributed by atoms with Crippen molar-refractivity contribution >= 4 is 5.69 Å². The van der Waals surface area contributed by atoms with Gasteiger partial charge in [-0.05, 0) is 57.9 Å². The minimum absolute atomic E-state index is 0.126. The summed E-state index contributed by atoms with van der Waals surface area (Å²) in [5.41, 5.74) is 1.58. The number of halogens is 1.